The molecule has 1 aromatic heterocycles. The smallest absolute Gasteiger partial charge is 0.317 e. The van der Waals surface area contributed by atoms with E-state index in [2.05, 4.69) is 21.3 Å². The Morgan fingerprint density at radius 3 is 2.62 bits per heavy atom. The Balaban J connectivity index is 1.50. The lowest BCUT2D eigenvalue weighted by atomic mass is 10.2. The number of nitrogens with one attached hydrogen (secondary N) is 1. The fourth-order valence-electron chi connectivity index (χ4n) is 2.77. The van der Waals surface area contributed by atoms with Crippen LogP contribution in [0.1, 0.15) is 5.56 Å². The highest BCUT2D eigenvalue weighted by Crippen LogP contribution is 2.22. The van der Waals surface area contributed by atoms with E-state index in [0.717, 1.165) is 30.1 Å². The zero-order valence-corrected chi connectivity index (χ0v) is 13.8. The molecule has 2 aromatic rings. The molecule has 3 rings (SSSR count). The number of carbonyl (C=O) groups excluding carboxylic acids is 1. The third-order valence-corrected chi connectivity index (χ3v) is 4.18. The van der Waals surface area contributed by atoms with Crippen LogP contribution in [0, 0.1) is 0 Å². The van der Waals surface area contributed by atoms with Gasteiger partial charge in [-0.15, -0.1) is 0 Å². The van der Waals surface area contributed by atoms with Crippen LogP contribution in [0.2, 0.25) is 0 Å². The zero-order valence-electron chi connectivity index (χ0n) is 13.8. The summed E-state index contributed by atoms with van der Waals surface area (Å²) in [7, 11) is 1.67. The van der Waals surface area contributed by atoms with Crippen molar-refractivity contribution in [2.45, 2.75) is 6.54 Å². The average molecular weight is 326 g/mol. The number of nitrogens with zero attached hydrogens (tertiary/aromatic N) is 3. The number of carbonyl (C=O) groups is 1. The lowest BCUT2D eigenvalue weighted by Crippen LogP contribution is -2.51. The second-order valence-electron chi connectivity index (χ2n) is 5.69. The fourth-order valence-corrected chi connectivity index (χ4v) is 2.77. The topological polar surface area (TPSA) is 57.7 Å². The van der Waals surface area contributed by atoms with Crippen molar-refractivity contribution in [3.8, 4) is 5.75 Å². The van der Waals surface area contributed by atoms with Crippen LogP contribution in [0.3, 0.4) is 0 Å². The highest BCUT2D eigenvalue weighted by molar-refractivity contribution is 5.74. The molecule has 6 nitrogen and oxygen atoms in total. The van der Waals surface area contributed by atoms with Gasteiger partial charge < -0.3 is 19.9 Å². The van der Waals surface area contributed by atoms with Crippen molar-refractivity contribution < 1.29 is 9.53 Å². The van der Waals surface area contributed by atoms with Crippen LogP contribution in [-0.2, 0) is 6.54 Å². The van der Waals surface area contributed by atoms with Gasteiger partial charge in [0.05, 0.1) is 7.11 Å². The van der Waals surface area contributed by atoms with Gasteiger partial charge in [0.25, 0.3) is 0 Å². The summed E-state index contributed by atoms with van der Waals surface area (Å²) in [4.78, 5) is 20.4. The van der Waals surface area contributed by atoms with E-state index < -0.39 is 0 Å². The summed E-state index contributed by atoms with van der Waals surface area (Å²) in [5.74, 6) is 0.852. The normalized spacial score (nSPS) is 14.4. The maximum Gasteiger partial charge on any atom is 0.317 e. The number of urea groups is 1. The van der Waals surface area contributed by atoms with E-state index in [9.17, 15) is 4.79 Å². The summed E-state index contributed by atoms with van der Waals surface area (Å²) in [5, 5.41) is 2.96. The van der Waals surface area contributed by atoms with Crippen molar-refractivity contribution in [1.29, 1.82) is 0 Å². The minimum atomic E-state index is -0.0166. The molecule has 1 aromatic carbocycles. The Morgan fingerprint density at radius 2 is 1.92 bits per heavy atom. The Hall–Kier alpha value is -2.76. The maximum atomic E-state index is 12.3. The molecule has 1 saturated heterocycles. The molecule has 24 heavy (non-hydrogen) atoms. The van der Waals surface area contributed by atoms with Crippen molar-refractivity contribution >= 4 is 11.7 Å². The largest absolute Gasteiger partial charge is 0.497 e. The summed E-state index contributed by atoms with van der Waals surface area (Å²) < 4.78 is 5.27. The van der Waals surface area contributed by atoms with Crippen LogP contribution in [-0.4, -0.2) is 49.2 Å². The SMILES string of the molecule is COc1cccc(N2CCN(C(=O)NCc3ccncc3)CC2)c1. The number of ether oxygens (including phenoxy) is 1. The Morgan fingerprint density at radius 1 is 1.17 bits per heavy atom. The molecule has 0 spiro atoms. The summed E-state index contributed by atoms with van der Waals surface area (Å²) >= 11 is 0. The quantitative estimate of drug-likeness (QED) is 0.935. The molecular formula is C18H22N4O2. The molecule has 0 atom stereocenters. The number of anilines is 1. The highest BCUT2D eigenvalue weighted by atomic mass is 16.5. The number of piperazine rings is 1. The predicted octanol–water partition coefficient (Wildman–Crippen LogP) is 2.12. The summed E-state index contributed by atoms with van der Waals surface area (Å²) in [6, 6.07) is 11.8. The first kappa shape index (κ1) is 16.1. The van der Waals surface area contributed by atoms with Crippen molar-refractivity contribution in [1.82, 2.24) is 15.2 Å². The third-order valence-electron chi connectivity index (χ3n) is 4.18. The number of hydrogen-bond acceptors (Lipinski definition) is 4. The van der Waals surface area contributed by atoms with Crippen LogP contribution in [0.5, 0.6) is 5.75 Å². The predicted molar refractivity (Wildman–Crippen MR) is 93.3 cm³/mol. The third kappa shape index (κ3) is 3.95. The van der Waals surface area contributed by atoms with Crippen molar-refractivity contribution in [2.24, 2.45) is 0 Å². The first-order chi connectivity index (χ1) is 11.8. The number of hydrogen-bond donors (Lipinski definition) is 1. The number of pyridine rings is 1. The maximum absolute atomic E-state index is 12.3. The molecule has 2 amide bonds. The van der Waals surface area contributed by atoms with Gasteiger partial charge in [-0.2, -0.15) is 0 Å². The molecule has 6 heteroatoms. The van der Waals surface area contributed by atoms with E-state index in [1.165, 1.54) is 0 Å². The molecule has 0 aliphatic carbocycles. The molecule has 1 fully saturated rings. The molecule has 0 saturated carbocycles. The lowest BCUT2D eigenvalue weighted by Gasteiger charge is -2.36. The second kappa shape index (κ2) is 7.68. The van der Waals surface area contributed by atoms with Crippen LogP contribution < -0.4 is 15.0 Å². The van der Waals surface area contributed by atoms with Gasteiger partial charge in [-0.25, -0.2) is 4.79 Å². The number of rotatable bonds is 4. The standard InChI is InChI=1S/C18H22N4O2/c1-24-17-4-2-3-16(13-17)21-9-11-22(12-10-21)18(23)20-14-15-5-7-19-8-6-15/h2-8,13H,9-12,14H2,1H3,(H,20,23). The number of methoxy groups -OCH3 is 1. The fraction of sp³-hybridized carbons (Fsp3) is 0.333. The summed E-state index contributed by atoms with van der Waals surface area (Å²) in [6.45, 7) is 3.57. The molecular weight excluding hydrogens is 304 g/mol. The average Bonchev–Trinajstić information content (AvgIpc) is 2.67. The minimum absolute atomic E-state index is 0.0166. The minimum Gasteiger partial charge on any atom is -0.497 e. The van der Waals surface area contributed by atoms with Crippen LogP contribution in [0.15, 0.2) is 48.8 Å². The number of amides is 2. The molecule has 1 N–H and O–H groups in total. The van der Waals surface area contributed by atoms with Gasteiger partial charge in [-0.1, -0.05) is 6.07 Å². The highest BCUT2D eigenvalue weighted by Gasteiger charge is 2.21. The van der Waals surface area contributed by atoms with E-state index in [1.54, 1.807) is 19.5 Å². The van der Waals surface area contributed by atoms with E-state index in [4.69, 9.17) is 4.74 Å². The zero-order chi connectivity index (χ0) is 16.8. The first-order valence-corrected chi connectivity index (χ1v) is 8.07. The van der Waals surface area contributed by atoms with Gasteiger partial charge in [0.1, 0.15) is 5.75 Å². The van der Waals surface area contributed by atoms with Crippen LogP contribution in [0.25, 0.3) is 0 Å². The second-order valence-corrected chi connectivity index (χ2v) is 5.69. The first-order valence-electron chi connectivity index (χ1n) is 8.07. The van der Waals surface area contributed by atoms with E-state index in [0.29, 0.717) is 19.6 Å². The Bertz CT molecular complexity index is 670. The van der Waals surface area contributed by atoms with Crippen LogP contribution >= 0.6 is 0 Å². The summed E-state index contributed by atoms with van der Waals surface area (Å²) in [5.41, 5.74) is 2.18. The molecule has 0 unspecified atom stereocenters. The van der Waals surface area contributed by atoms with E-state index in [-0.39, 0.29) is 6.03 Å². The lowest BCUT2D eigenvalue weighted by molar-refractivity contribution is 0.194. The van der Waals surface area contributed by atoms with Gasteiger partial charge in [0, 0.05) is 56.9 Å². The Labute approximate surface area is 142 Å². The van der Waals surface area contributed by atoms with Gasteiger partial charge in [0.2, 0.25) is 0 Å². The molecule has 2 heterocycles. The van der Waals surface area contributed by atoms with Crippen LogP contribution in [0.4, 0.5) is 10.5 Å². The molecule has 0 radical (unpaired) electrons. The van der Waals surface area contributed by atoms with E-state index in [1.807, 2.05) is 35.2 Å². The molecule has 126 valence electrons. The molecule has 1 aliphatic heterocycles. The van der Waals surface area contributed by atoms with Crippen molar-refractivity contribution in [3.05, 3.63) is 54.4 Å². The summed E-state index contributed by atoms with van der Waals surface area (Å²) in [6.07, 6.45) is 3.46. The number of aromatic nitrogens is 1. The number of benzene rings is 1. The van der Waals surface area contributed by atoms with Crippen molar-refractivity contribution in [2.75, 3.05) is 38.2 Å². The van der Waals surface area contributed by atoms with Gasteiger partial charge in [-0.3, -0.25) is 4.98 Å². The molecule has 0 bridgehead atoms. The van der Waals surface area contributed by atoms with Gasteiger partial charge in [-0.05, 0) is 29.8 Å². The van der Waals surface area contributed by atoms with E-state index >= 15 is 0 Å². The van der Waals surface area contributed by atoms with Gasteiger partial charge in [0.15, 0.2) is 0 Å². The van der Waals surface area contributed by atoms with Gasteiger partial charge >= 0.3 is 6.03 Å². The van der Waals surface area contributed by atoms with Crippen molar-refractivity contribution in [3.63, 3.8) is 0 Å². The molecule has 1 aliphatic rings. The Kier molecular flexibility index (Phi) is 5.15. The monoisotopic (exact) mass is 326 g/mol.